The lowest BCUT2D eigenvalue weighted by Gasteiger charge is -2.26. The minimum Gasteiger partial charge on any atom is -0.489 e. The van der Waals surface area contributed by atoms with Crippen molar-refractivity contribution in [2.45, 2.75) is 31.4 Å². The number of morpholine rings is 1. The van der Waals surface area contributed by atoms with Crippen molar-refractivity contribution in [3.8, 4) is 5.75 Å². The van der Waals surface area contributed by atoms with Gasteiger partial charge >= 0.3 is 0 Å². The van der Waals surface area contributed by atoms with Crippen molar-refractivity contribution in [2.75, 3.05) is 45.2 Å². The van der Waals surface area contributed by atoms with Crippen LogP contribution in [0.15, 0.2) is 41.3 Å². The zero-order valence-corrected chi connectivity index (χ0v) is 20.2. The Bertz CT molecular complexity index is 1120. The third kappa shape index (κ3) is 6.72. The smallest absolute Gasteiger partial charge is 0.243 e. The minimum absolute atomic E-state index is 0.0301. The topological polar surface area (TPSA) is 88.2 Å². The van der Waals surface area contributed by atoms with E-state index in [0.29, 0.717) is 19.0 Å². The van der Waals surface area contributed by atoms with Crippen molar-refractivity contribution in [2.24, 2.45) is 0 Å². The number of halogens is 2. The predicted molar refractivity (Wildman–Crippen MR) is 123 cm³/mol. The Morgan fingerprint density at radius 1 is 1.18 bits per heavy atom. The highest BCUT2D eigenvalue weighted by Crippen LogP contribution is 2.30. The molecule has 1 saturated heterocycles. The van der Waals surface area contributed by atoms with Gasteiger partial charge < -0.3 is 14.8 Å². The molecule has 1 amide bonds. The average molecular weight is 498 g/mol. The number of rotatable bonds is 9. The number of benzene rings is 2. The van der Waals surface area contributed by atoms with Crippen LogP contribution in [0.25, 0.3) is 0 Å². The fourth-order valence-electron chi connectivity index (χ4n) is 3.49. The molecule has 0 saturated carbocycles. The van der Waals surface area contributed by atoms with Crippen LogP contribution in [0.4, 0.5) is 14.5 Å². The molecular weight excluding hydrogens is 468 g/mol. The van der Waals surface area contributed by atoms with Crippen LogP contribution in [0.2, 0.25) is 0 Å². The highest BCUT2D eigenvalue weighted by molar-refractivity contribution is 7.89. The van der Waals surface area contributed by atoms with Gasteiger partial charge in [0.25, 0.3) is 0 Å². The molecule has 2 aromatic carbocycles. The van der Waals surface area contributed by atoms with E-state index in [4.69, 9.17) is 9.47 Å². The first kappa shape index (κ1) is 26.0. The molecule has 0 radical (unpaired) electrons. The summed E-state index contributed by atoms with van der Waals surface area (Å²) in [5.74, 6) is -1.48. The second kappa shape index (κ2) is 11.2. The highest BCUT2D eigenvalue weighted by atomic mass is 32.2. The molecule has 0 bridgehead atoms. The third-order valence-electron chi connectivity index (χ3n) is 5.06. The Balaban J connectivity index is 1.76. The van der Waals surface area contributed by atoms with Crippen molar-refractivity contribution < 1.29 is 31.5 Å². The molecule has 0 unspecified atom stereocenters. The molecule has 1 aliphatic heterocycles. The van der Waals surface area contributed by atoms with Gasteiger partial charge in [-0.1, -0.05) is 6.07 Å². The van der Waals surface area contributed by atoms with Crippen LogP contribution in [-0.4, -0.2) is 69.5 Å². The van der Waals surface area contributed by atoms with Crippen molar-refractivity contribution in [1.29, 1.82) is 0 Å². The maximum Gasteiger partial charge on any atom is 0.243 e. The Kier molecular flexibility index (Phi) is 8.58. The number of sulfonamides is 1. The predicted octanol–water partition coefficient (Wildman–Crippen LogP) is 2.84. The quantitative estimate of drug-likeness (QED) is 0.573. The number of hydrogen-bond donors (Lipinski definition) is 1. The molecule has 186 valence electrons. The molecule has 0 aromatic heterocycles. The van der Waals surface area contributed by atoms with E-state index in [2.05, 4.69) is 5.32 Å². The highest BCUT2D eigenvalue weighted by Gasteiger charge is 2.27. The van der Waals surface area contributed by atoms with E-state index in [1.165, 1.54) is 28.6 Å². The Hall–Kier alpha value is -2.60. The Morgan fingerprint density at radius 2 is 1.88 bits per heavy atom. The van der Waals surface area contributed by atoms with Gasteiger partial charge in [0.05, 0.1) is 36.4 Å². The van der Waals surface area contributed by atoms with E-state index in [1.54, 1.807) is 11.9 Å². The van der Waals surface area contributed by atoms with Crippen LogP contribution in [0.5, 0.6) is 5.75 Å². The summed E-state index contributed by atoms with van der Waals surface area (Å²) in [6.45, 7) is 4.73. The van der Waals surface area contributed by atoms with E-state index in [1.807, 2.05) is 13.8 Å². The molecule has 0 aliphatic carbocycles. The zero-order valence-electron chi connectivity index (χ0n) is 19.4. The van der Waals surface area contributed by atoms with Gasteiger partial charge in [-0.2, -0.15) is 4.31 Å². The molecule has 34 heavy (non-hydrogen) atoms. The zero-order chi connectivity index (χ0) is 24.9. The van der Waals surface area contributed by atoms with E-state index in [0.717, 1.165) is 12.1 Å². The summed E-state index contributed by atoms with van der Waals surface area (Å²) in [7, 11) is -2.16. The minimum atomic E-state index is -3.77. The van der Waals surface area contributed by atoms with Crippen LogP contribution in [-0.2, 0) is 26.1 Å². The molecule has 1 aliphatic rings. The van der Waals surface area contributed by atoms with Gasteiger partial charge in [-0.3, -0.25) is 9.69 Å². The molecule has 1 heterocycles. The monoisotopic (exact) mass is 497 g/mol. The van der Waals surface area contributed by atoms with Crippen LogP contribution < -0.4 is 10.1 Å². The second-order valence-electron chi connectivity index (χ2n) is 8.30. The fraction of sp³-hybridized carbons (Fsp3) is 0.435. The van der Waals surface area contributed by atoms with Crippen molar-refractivity contribution in [1.82, 2.24) is 9.21 Å². The maximum atomic E-state index is 13.9. The van der Waals surface area contributed by atoms with Crippen molar-refractivity contribution in [3.63, 3.8) is 0 Å². The van der Waals surface area contributed by atoms with Crippen molar-refractivity contribution >= 4 is 21.6 Å². The van der Waals surface area contributed by atoms with Gasteiger partial charge in [-0.25, -0.2) is 17.2 Å². The number of carbonyl (C=O) groups excluding carboxylic acids is 1. The lowest BCUT2D eigenvalue weighted by Crippen LogP contribution is -2.40. The van der Waals surface area contributed by atoms with Crippen LogP contribution in [0.1, 0.15) is 19.4 Å². The molecule has 0 atom stereocenters. The van der Waals surface area contributed by atoms with Gasteiger partial charge in [0, 0.05) is 31.3 Å². The molecule has 1 N–H and O–H groups in total. The van der Waals surface area contributed by atoms with Gasteiger partial charge in [-0.05, 0) is 45.2 Å². The SMILES string of the molecule is CC(C)Oc1ccc(S(=O)(=O)N2CCOCC2)cc1NC(=O)CN(C)Cc1ccc(F)cc1F. The maximum absolute atomic E-state index is 13.9. The van der Waals surface area contributed by atoms with E-state index in [-0.39, 0.29) is 48.4 Å². The Labute approximate surface area is 198 Å². The molecule has 11 heteroatoms. The number of ether oxygens (including phenoxy) is 2. The van der Waals surface area contributed by atoms with Crippen molar-refractivity contribution in [3.05, 3.63) is 53.6 Å². The number of amides is 1. The van der Waals surface area contributed by atoms with Gasteiger partial charge in [0.1, 0.15) is 17.4 Å². The third-order valence-corrected chi connectivity index (χ3v) is 6.96. The number of likely N-dealkylation sites (N-methyl/N-ethyl adjacent to an activating group) is 1. The number of nitrogens with zero attached hydrogens (tertiary/aromatic N) is 2. The fourth-order valence-corrected chi connectivity index (χ4v) is 4.93. The van der Waals surface area contributed by atoms with E-state index in [9.17, 15) is 22.0 Å². The van der Waals surface area contributed by atoms with Gasteiger partial charge in [0.2, 0.25) is 15.9 Å². The summed E-state index contributed by atoms with van der Waals surface area (Å²) in [5.41, 5.74) is 0.466. The summed E-state index contributed by atoms with van der Waals surface area (Å²) in [6.07, 6.45) is -0.207. The molecule has 0 spiro atoms. The van der Waals surface area contributed by atoms with Crippen LogP contribution in [0.3, 0.4) is 0 Å². The number of carbonyl (C=O) groups is 1. The van der Waals surface area contributed by atoms with E-state index >= 15 is 0 Å². The first-order valence-electron chi connectivity index (χ1n) is 10.9. The molecule has 8 nitrogen and oxygen atoms in total. The van der Waals surface area contributed by atoms with Crippen LogP contribution in [0, 0.1) is 11.6 Å². The van der Waals surface area contributed by atoms with Gasteiger partial charge in [0.15, 0.2) is 0 Å². The summed E-state index contributed by atoms with van der Waals surface area (Å²) < 4.78 is 65.4. The lowest BCUT2D eigenvalue weighted by molar-refractivity contribution is -0.117. The van der Waals surface area contributed by atoms with E-state index < -0.39 is 27.6 Å². The Morgan fingerprint density at radius 3 is 2.53 bits per heavy atom. The number of anilines is 1. The standard InChI is InChI=1S/C23H29F2N3O5S/c1-16(2)33-22-7-6-19(34(30,31)28-8-10-32-11-9-28)13-21(22)26-23(29)15-27(3)14-17-4-5-18(24)12-20(17)25/h4-7,12-13,16H,8-11,14-15H2,1-3H3,(H,26,29). The van der Waals surface area contributed by atoms with Gasteiger partial charge in [-0.15, -0.1) is 0 Å². The average Bonchev–Trinajstić information content (AvgIpc) is 2.77. The normalized spacial score (nSPS) is 15.0. The second-order valence-corrected chi connectivity index (χ2v) is 10.2. The molecular formula is C23H29F2N3O5S. The summed E-state index contributed by atoms with van der Waals surface area (Å²) >= 11 is 0. The first-order valence-corrected chi connectivity index (χ1v) is 12.3. The molecule has 3 rings (SSSR count). The number of hydrogen-bond acceptors (Lipinski definition) is 6. The first-order chi connectivity index (χ1) is 16.1. The van der Waals surface area contributed by atoms with Crippen LogP contribution >= 0.6 is 0 Å². The summed E-state index contributed by atoms with van der Waals surface area (Å²) in [5, 5.41) is 2.70. The largest absolute Gasteiger partial charge is 0.489 e. The molecule has 2 aromatic rings. The lowest BCUT2D eigenvalue weighted by atomic mass is 10.2. The number of nitrogens with one attached hydrogen (secondary N) is 1. The summed E-state index contributed by atoms with van der Waals surface area (Å²) in [6, 6.07) is 7.61. The molecule has 1 fully saturated rings. The summed E-state index contributed by atoms with van der Waals surface area (Å²) in [4.78, 5) is 14.3.